The Balaban J connectivity index is 4.61. The molecule has 0 aliphatic rings. The Hall–Kier alpha value is -0.260. The summed E-state index contributed by atoms with van der Waals surface area (Å²) in [5.74, 6) is 0. The van der Waals surface area contributed by atoms with E-state index >= 15 is 0 Å². The normalized spacial score (nSPS) is 14.4. The van der Waals surface area contributed by atoms with Gasteiger partial charge in [0.25, 0.3) is 0 Å². The lowest BCUT2D eigenvalue weighted by molar-refractivity contribution is 0.0837. The molecule has 0 bridgehead atoms. The Morgan fingerprint density at radius 1 is 0.923 bits per heavy atom. The molecule has 0 heteroatoms. The first kappa shape index (κ1) is 12.7. The van der Waals surface area contributed by atoms with Crippen molar-refractivity contribution in [3.63, 3.8) is 0 Å². The predicted molar refractivity (Wildman–Crippen MR) is 61.8 cm³/mol. The molecule has 0 spiro atoms. The van der Waals surface area contributed by atoms with Gasteiger partial charge < -0.3 is 0 Å². The maximum Gasteiger partial charge on any atom is -0.0172 e. The van der Waals surface area contributed by atoms with Gasteiger partial charge >= 0.3 is 0 Å². The molecule has 0 aromatic rings. The molecule has 0 saturated carbocycles. The van der Waals surface area contributed by atoms with E-state index in [1.54, 1.807) is 0 Å². The van der Waals surface area contributed by atoms with Crippen LogP contribution in [0.2, 0.25) is 0 Å². The van der Waals surface area contributed by atoms with Crippen LogP contribution < -0.4 is 0 Å². The van der Waals surface area contributed by atoms with Gasteiger partial charge in [0.1, 0.15) is 0 Å². The molecule has 0 aliphatic heterocycles. The third-order valence-corrected chi connectivity index (χ3v) is 3.48. The molecule has 13 heavy (non-hydrogen) atoms. The molecule has 0 rings (SSSR count). The zero-order valence-corrected chi connectivity index (χ0v) is 10.5. The Labute approximate surface area is 84.4 Å². The van der Waals surface area contributed by atoms with Gasteiger partial charge in [-0.05, 0) is 22.7 Å². The first-order valence-electron chi connectivity index (χ1n) is 5.15. The van der Waals surface area contributed by atoms with Crippen LogP contribution in [0.1, 0.15) is 54.9 Å². The first-order chi connectivity index (χ1) is 5.52. The third kappa shape index (κ3) is 3.54. The molecule has 0 heterocycles. The smallest absolute Gasteiger partial charge is 0.0172 e. The summed E-state index contributed by atoms with van der Waals surface area (Å²) < 4.78 is 0. The molecule has 0 nitrogen and oxygen atoms in total. The van der Waals surface area contributed by atoms with Gasteiger partial charge in [-0.15, -0.1) is 6.58 Å². The molecule has 0 aromatic heterocycles. The van der Waals surface area contributed by atoms with Crippen LogP contribution in [0.15, 0.2) is 12.7 Å². The summed E-state index contributed by atoms with van der Waals surface area (Å²) in [5, 5.41) is 0. The highest BCUT2D eigenvalue weighted by atomic mass is 14.4. The van der Waals surface area contributed by atoms with Crippen LogP contribution in [-0.4, -0.2) is 0 Å². The van der Waals surface area contributed by atoms with Crippen LogP contribution in [0, 0.1) is 16.2 Å². The van der Waals surface area contributed by atoms with E-state index in [0.717, 1.165) is 0 Å². The predicted octanol–water partition coefficient (Wildman–Crippen LogP) is 4.66. The summed E-state index contributed by atoms with van der Waals surface area (Å²) in [5.41, 5.74) is 0.953. The molecule has 0 unspecified atom stereocenters. The second-order valence-corrected chi connectivity index (χ2v) is 6.50. The van der Waals surface area contributed by atoms with Gasteiger partial charge in [0.15, 0.2) is 0 Å². The molecule has 0 N–H and O–H groups in total. The van der Waals surface area contributed by atoms with Crippen molar-refractivity contribution in [2.45, 2.75) is 54.9 Å². The van der Waals surface area contributed by atoms with E-state index in [0.29, 0.717) is 10.8 Å². The van der Waals surface area contributed by atoms with Gasteiger partial charge in [0, 0.05) is 0 Å². The molecule has 0 saturated heterocycles. The fourth-order valence-corrected chi connectivity index (χ4v) is 1.48. The zero-order chi connectivity index (χ0) is 10.9. The first-order valence-corrected chi connectivity index (χ1v) is 5.15. The summed E-state index contributed by atoms with van der Waals surface area (Å²) in [6.45, 7) is 20.0. The van der Waals surface area contributed by atoms with Gasteiger partial charge in [-0.3, -0.25) is 0 Å². The Bertz CT molecular complexity index is 177. The minimum absolute atomic E-state index is 0.247. The van der Waals surface area contributed by atoms with Crippen molar-refractivity contribution in [1.82, 2.24) is 0 Å². The minimum atomic E-state index is 0.247. The maximum atomic E-state index is 3.90. The van der Waals surface area contributed by atoms with Crippen molar-refractivity contribution in [3.05, 3.63) is 12.7 Å². The second-order valence-electron chi connectivity index (χ2n) is 6.50. The third-order valence-electron chi connectivity index (χ3n) is 3.48. The van der Waals surface area contributed by atoms with Crippen molar-refractivity contribution in [2.75, 3.05) is 0 Å². The van der Waals surface area contributed by atoms with Crippen LogP contribution >= 0.6 is 0 Å². The summed E-state index contributed by atoms with van der Waals surface area (Å²) in [7, 11) is 0. The van der Waals surface area contributed by atoms with E-state index in [1.165, 1.54) is 6.42 Å². The highest BCUT2D eigenvalue weighted by Gasteiger charge is 2.36. The second kappa shape index (κ2) is 3.48. The largest absolute Gasteiger partial charge is 0.103 e. The van der Waals surface area contributed by atoms with E-state index in [-0.39, 0.29) is 5.41 Å². The van der Waals surface area contributed by atoms with Crippen LogP contribution in [0.3, 0.4) is 0 Å². The minimum Gasteiger partial charge on any atom is -0.103 e. The van der Waals surface area contributed by atoms with E-state index in [1.807, 2.05) is 0 Å². The molecule has 0 radical (unpaired) electrons. The highest BCUT2D eigenvalue weighted by Crippen LogP contribution is 2.46. The number of hydrogen-bond acceptors (Lipinski definition) is 0. The van der Waals surface area contributed by atoms with E-state index in [9.17, 15) is 0 Å². The Morgan fingerprint density at radius 2 is 1.31 bits per heavy atom. The van der Waals surface area contributed by atoms with Crippen LogP contribution in [-0.2, 0) is 0 Å². The molecule has 0 aromatic carbocycles. The van der Waals surface area contributed by atoms with Crippen LogP contribution in [0.5, 0.6) is 0 Å². The van der Waals surface area contributed by atoms with Crippen molar-refractivity contribution in [2.24, 2.45) is 16.2 Å². The Morgan fingerprint density at radius 3 is 1.54 bits per heavy atom. The summed E-state index contributed by atoms with van der Waals surface area (Å²) in [4.78, 5) is 0. The summed E-state index contributed by atoms with van der Waals surface area (Å²) >= 11 is 0. The molecule has 78 valence electrons. The highest BCUT2D eigenvalue weighted by molar-refractivity contribution is 4.95. The monoisotopic (exact) mass is 182 g/mol. The lowest BCUT2D eigenvalue weighted by Gasteiger charge is -2.43. The van der Waals surface area contributed by atoms with Gasteiger partial charge in [-0.25, -0.2) is 0 Å². The number of rotatable bonds is 3. The topological polar surface area (TPSA) is 0 Å². The molecule has 0 atom stereocenters. The lowest BCUT2D eigenvalue weighted by atomic mass is 9.62. The molecule has 0 fully saturated rings. The van der Waals surface area contributed by atoms with Gasteiger partial charge in [0.2, 0.25) is 0 Å². The summed E-state index contributed by atoms with van der Waals surface area (Å²) in [6, 6.07) is 0. The van der Waals surface area contributed by atoms with Gasteiger partial charge in [-0.1, -0.05) is 54.5 Å². The van der Waals surface area contributed by atoms with Gasteiger partial charge in [0.05, 0.1) is 0 Å². The quantitative estimate of drug-likeness (QED) is 0.557. The average Bonchev–Trinajstić information content (AvgIpc) is 1.83. The van der Waals surface area contributed by atoms with Crippen LogP contribution in [0.25, 0.3) is 0 Å². The lowest BCUT2D eigenvalue weighted by Crippen LogP contribution is -2.33. The molecule has 0 aliphatic carbocycles. The molecule has 0 amide bonds. The van der Waals surface area contributed by atoms with Crippen molar-refractivity contribution in [1.29, 1.82) is 0 Å². The van der Waals surface area contributed by atoms with Crippen molar-refractivity contribution in [3.8, 4) is 0 Å². The van der Waals surface area contributed by atoms with Crippen molar-refractivity contribution >= 4 is 0 Å². The number of hydrogen-bond donors (Lipinski definition) is 0. The average molecular weight is 182 g/mol. The van der Waals surface area contributed by atoms with E-state index in [4.69, 9.17) is 0 Å². The SMILES string of the molecule is C=CC(C)(C)CC(C)(C)C(C)(C)C. The van der Waals surface area contributed by atoms with Crippen LogP contribution in [0.4, 0.5) is 0 Å². The van der Waals surface area contributed by atoms with E-state index in [2.05, 4.69) is 61.1 Å². The molecular weight excluding hydrogens is 156 g/mol. The molecular formula is C13H26. The maximum absolute atomic E-state index is 3.90. The fraction of sp³-hybridized carbons (Fsp3) is 0.846. The Kier molecular flexibility index (Phi) is 3.41. The van der Waals surface area contributed by atoms with Gasteiger partial charge in [-0.2, -0.15) is 0 Å². The summed E-state index contributed by atoms with van der Waals surface area (Å²) in [6.07, 6.45) is 3.26. The van der Waals surface area contributed by atoms with E-state index < -0.39 is 0 Å². The number of allylic oxidation sites excluding steroid dienone is 1. The zero-order valence-electron chi connectivity index (χ0n) is 10.5. The van der Waals surface area contributed by atoms with Crippen molar-refractivity contribution < 1.29 is 0 Å². The fourth-order valence-electron chi connectivity index (χ4n) is 1.48. The standard InChI is InChI=1S/C13H26/c1-9-12(5,6)10-13(7,8)11(2,3)4/h9H,1,10H2,2-8H3.